The molecule has 100 valence electrons. The first-order valence-electron chi connectivity index (χ1n) is 6.18. The van der Waals surface area contributed by atoms with Gasteiger partial charge in [0.2, 0.25) is 5.91 Å². The first-order valence-corrected chi connectivity index (χ1v) is 7.29. The summed E-state index contributed by atoms with van der Waals surface area (Å²) < 4.78 is 8.38. The van der Waals surface area contributed by atoms with Gasteiger partial charge in [0.1, 0.15) is 11.0 Å². The Hall–Kier alpha value is -1.40. The highest BCUT2D eigenvalue weighted by atomic mass is 35.5. The number of fused-ring (bicyclic) bond motifs is 1. The summed E-state index contributed by atoms with van der Waals surface area (Å²) in [5.74, 6) is 0.105. The number of rotatable bonds is 3. The van der Waals surface area contributed by atoms with E-state index >= 15 is 0 Å². The van der Waals surface area contributed by atoms with Crippen molar-refractivity contribution in [3.05, 3.63) is 17.2 Å². The molecular weight excluding hydrogens is 284 g/mol. The first-order chi connectivity index (χ1) is 9.25. The molecule has 0 radical (unpaired) electrons. The second-order valence-corrected chi connectivity index (χ2v) is 5.43. The van der Waals surface area contributed by atoms with Gasteiger partial charge in [0, 0.05) is 13.1 Å². The van der Waals surface area contributed by atoms with E-state index in [1.165, 1.54) is 0 Å². The van der Waals surface area contributed by atoms with Crippen LogP contribution in [0.5, 0.6) is 0 Å². The Labute approximate surface area is 119 Å². The summed E-state index contributed by atoms with van der Waals surface area (Å²) in [4.78, 5) is 13.9. The van der Waals surface area contributed by atoms with Crippen molar-refractivity contribution in [1.29, 1.82) is 0 Å². The predicted octanol–water partition coefficient (Wildman–Crippen LogP) is 2.38. The van der Waals surface area contributed by atoms with Crippen LogP contribution in [-0.4, -0.2) is 39.2 Å². The van der Waals surface area contributed by atoms with Crippen LogP contribution in [0.4, 0.5) is 5.69 Å². The van der Waals surface area contributed by atoms with Gasteiger partial charge in [0.25, 0.3) is 0 Å². The molecule has 2 aromatic rings. The highest BCUT2D eigenvalue weighted by Gasteiger charge is 2.18. The zero-order valence-electron chi connectivity index (χ0n) is 10.2. The summed E-state index contributed by atoms with van der Waals surface area (Å²) in [5, 5.41) is 3.66. The average molecular weight is 297 g/mol. The molecule has 0 spiro atoms. The van der Waals surface area contributed by atoms with Gasteiger partial charge in [-0.25, -0.2) is 0 Å². The van der Waals surface area contributed by atoms with E-state index in [1.54, 1.807) is 6.07 Å². The Balaban J connectivity index is 1.75. The van der Waals surface area contributed by atoms with Crippen molar-refractivity contribution in [2.24, 2.45) is 0 Å². The quantitative estimate of drug-likeness (QED) is 0.945. The van der Waals surface area contributed by atoms with Crippen LogP contribution in [0.25, 0.3) is 11.0 Å². The third-order valence-corrected chi connectivity index (χ3v) is 4.11. The summed E-state index contributed by atoms with van der Waals surface area (Å²) >= 11 is 7.29. The zero-order valence-corrected chi connectivity index (χ0v) is 11.8. The van der Waals surface area contributed by atoms with Crippen LogP contribution in [0.15, 0.2) is 12.1 Å². The van der Waals surface area contributed by atoms with Gasteiger partial charge in [0.05, 0.1) is 29.0 Å². The van der Waals surface area contributed by atoms with Gasteiger partial charge in [-0.1, -0.05) is 11.6 Å². The molecule has 0 saturated carbocycles. The zero-order chi connectivity index (χ0) is 13.2. The Morgan fingerprint density at radius 2 is 2.16 bits per heavy atom. The second-order valence-electron chi connectivity index (χ2n) is 4.50. The number of hydrogen-bond donors (Lipinski definition) is 1. The number of likely N-dealkylation sites (tertiary alicyclic amines) is 1. The van der Waals surface area contributed by atoms with Crippen LogP contribution >= 0.6 is 23.3 Å². The number of carbonyl (C=O) groups is 1. The van der Waals surface area contributed by atoms with Gasteiger partial charge in [-0.15, -0.1) is 0 Å². The minimum absolute atomic E-state index is 0.105. The number of anilines is 1. The minimum Gasteiger partial charge on any atom is -0.373 e. The van der Waals surface area contributed by atoms with Crippen molar-refractivity contribution < 1.29 is 4.79 Å². The molecule has 1 amide bonds. The molecule has 19 heavy (non-hydrogen) atoms. The highest BCUT2D eigenvalue weighted by Crippen LogP contribution is 2.29. The van der Waals surface area contributed by atoms with Crippen molar-refractivity contribution >= 4 is 46.0 Å². The van der Waals surface area contributed by atoms with E-state index in [1.807, 2.05) is 11.0 Å². The molecule has 0 aliphatic carbocycles. The molecule has 1 aliphatic rings. The van der Waals surface area contributed by atoms with Crippen LogP contribution in [0.3, 0.4) is 0 Å². The maximum atomic E-state index is 12.0. The molecule has 0 bridgehead atoms. The van der Waals surface area contributed by atoms with Crippen LogP contribution in [0.1, 0.15) is 12.8 Å². The highest BCUT2D eigenvalue weighted by molar-refractivity contribution is 7.00. The molecule has 1 N–H and O–H groups in total. The first kappa shape index (κ1) is 12.6. The van der Waals surface area contributed by atoms with Gasteiger partial charge < -0.3 is 10.2 Å². The fourth-order valence-corrected chi connectivity index (χ4v) is 3.00. The second kappa shape index (κ2) is 5.30. The van der Waals surface area contributed by atoms with E-state index in [9.17, 15) is 4.79 Å². The number of aromatic nitrogens is 2. The number of nitrogens with zero attached hydrogens (tertiary/aromatic N) is 3. The van der Waals surface area contributed by atoms with Crippen molar-refractivity contribution in [2.45, 2.75) is 12.8 Å². The summed E-state index contributed by atoms with van der Waals surface area (Å²) in [7, 11) is 0. The fourth-order valence-electron chi connectivity index (χ4n) is 2.24. The molecule has 1 fully saturated rings. The summed E-state index contributed by atoms with van der Waals surface area (Å²) in [6, 6.07) is 3.60. The molecule has 5 nitrogen and oxygen atoms in total. The van der Waals surface area contributed by atoms with E-state index in [0.29, 0.717) is 10.7 Å². The van der Waals surface area contributed by atoms with E-state index in [4.69, 9.17) is 11.6 Å². The third kappa shape index (κ3) is 2.50. The molecule has 7 heteroatoms. The Bertz CT molecular complexity index is 609. The molecular formula is C12H13ClN4OS. The van der Waals surface area contributed by atoms with Gasteiger partial charge >= 0.3 is 0 Å². The summed E-state index contributed by atoms with van der Waals surface area (Å²) in [6.07, 6.45) is 2.19. The molecule has 0 unspecified atom stereocenters. The smallest absolute Gasteiger partial charge is 0.241 e. The SMILES string of the molecule is O=C(CNc1c(Cl)ccc2nsnc12)N1CCCC1. The van der Waals surface area contributed by atoms with Gasteiger partial charge in [0.15, 0.2) is 0 Å². The number of benzene rings is 1. The fraction of sp³-hybridized carbons (Fsp3) is 0.417. The molecule has 3 rings (SSSR count). The predicted molar refractivity (Wildman–Crippen MR) is 76.7 cm³/mol. The maximum absolute atomic E-state index is 12.0. The summed E-state index contributed by atoms with van der Waals surface area (Å²) in [6.45, 7) is 1.96. The minimum atomic E-state index is 0.105. The van der Waals surface area contributed by atoms with Crippen molar-refractivity contribution in [2.75, 3.05) is 25.0 Å². The normalized spacial score (nSPS) is 15.1. The van der Waals surface area contributed by atoms with Crippen LogP contribution < -0.4 is 5.32 Å². The molecule has 1 aromatic carbocycles. The molecule has 1 aromatic heterocycles. The van der Waals surface area contributed by atoms with E-state index < -0.39 is 0 Å². The van der Waals surface area contributed by atoms with Gasteiger partial charge in [-0.2, -0.15) is 8.75 Å². The van der Waals surface area contributed by atoms with Crippen molar-refractivity contribution in [3.8, 4) is 0 Å². The average Bonchev–Trinajstić information content (AvgIpc) is 3.08. The molecule has 2 heterocycles. The lowest BCUT2D eigenvalue weighted by atomic mass is 10.2. The van der Waals surface area contributed by atoms with Gasteiger partial charge in [-0.3, -0.25) is 4.79 Å². The Morgan fingerprint density at radius 3 is 2.95 bits per heavy atom. The topological polar surface area (TPSA) is 58.1 Å². The van der Waals surface area contributed by atoms with E-state index in [2.05, 4.69) is 14.1 Å². The molecule has 1 saturated heterocycles. The standard InChI is InChI=1S/C12H13ClN4OS/c13-8-3-4-9-12(16-19-15-9)11(8)14-7-10(18)17-5-1-2-6-17/h3-4,14H,1-2,5-7H2. The van der Waals surface area contributed by atoms with Crippen LogP contribution in [0, 0.1) is 0 Å². The number of halogens is 1. The van der Waals surface area contributed by atoms with Crippen LogP contribution in [-0.2, 0) is 4.79 Å². The Kier molecular flexibility index (Phi) is 3.52. The third-order valence-electron chi connectivity index (χ3n) is 3.25. The van der Waals surface area contributed by atoms with Crippen LogP contribution in [0.2, 0.25) is 5.02 Å². The summed E-state index contributed by atoms with van der Waals surface area (Å²) in [5.41, 5.74) is 2.22. The lowest BCUT2D eigenvalue weighted by molar-refractivity contribution is -0.128. The largest absolute Gasteiger partial charge is 0.373 e. The van der Waals surface area contributed by atoms with Crippen molar-refractivity contribution in [1.82, 2.24) is 13.6 Å². The lowest BCUT2D eigenvalue weighted by Gasteiger charge is -2.16. The maximum Gasteiger partial charge on any atom is 0.241 e. The van der Waals surface area contributed by atoms with Gasteiger partial charge in [-0.05, 0) is 25.0 Å². The number of amides is 1. The number of carbonyl (C=O) groups excluding carboxylic acids is 1. The number of nitrogens with one attached hydrogen (secondary N) is 1. The molecule has 0 atom stereocenters. The molecule has 1 aliphatic heterocycles. The lowest BCUT2D eigenvalue weighted by Crippen LogP contribution is -2.33. The Morgan fingerprint density at radius 1 is 1.37 bits per heavy atom. The van der Waals surface area contributed by atoms with E-state index in [-0.39, 0.29) is 12.5 Å². The monoisotopic (exact) mass is 296 g/mol. The van der Waals surface area contributed by atoms with E-state index in [0.717, 1.165) is 48.7 Å². The number of hydrogen-bond acceptors (Lipinski definition) is 5. The van der Waals surface area contributed by atoms with Crippen molar-refractivity contribution in [3.63, 3.8) is 0 Å².